The summed E-state index contributed by atoms with van der Waals surface area (Å²) in [7, 11) is 0. The summed E-state index contributed by atoms with van der Waals surface area (Å²) in [6.45, 7) is 11.6. The molecule has 1 unspecified atom stereocenters. The van der Waals surface area contributed by atoms with Crippen LogP contribution in [0.4, 0.5) is 0 Å². The minimum Gasteiger partial charge on any atom is -0.330 e. The summed E-state index contributed by atoms with van der Waals surface area (Å²) in [4.78, 5) is 2.63. The zero-order valence-electron chi connectivity index (χ0n) is 10.8. The molecule has 0 radical (unpaired) electrons. The van der Waals surface area contributed by atoms with Crippen LogP contribution in [0.5, 0.6) is 0 Å². The summed E-state index contributed by atoms with van der Waals surface area (Å²) in [5.41, 5.74) is 6.07. The van der Waals surface area contributed by atoms with E-state index in [2.05, 4.69) is 25.7 Å². The molecule has 0 aromatic carbocycles. The average molecular weight is 212 g/mol. The fraction of sp³-hybridized carbons (Fsp3) is 1.00. The maximum Gasteiger partial charge on any atom is 0.000703 e. The zero-order chi connectivity index (χ0) is 11.3. The molecular weight excluding hydrogens is 184 g/mol. The molecule has 0 bridgehead atoms. The van der Waals surface area contributed by atoms with E-state index >= 15 is 0 Å². The first-order valence-electron chi connectivity index (χ1n) is 6.46. The van der Waals surface area contributed by atoms with Crippen LogP contribution in [-0.2, 0) is 0 Å². The van der Waals surface area contributed by atoms with Gasteiger partial charge in [0.2, 0.25) is 0 Å². The molecule has 15 heavy (non-hydrogen) atoms. The van der Waals surface area contributed by atoms with Crippen molar-refractivity contribution in [1.82, 2.24) is 4.90 Å². The van der Waals surface area contributed by atoms with E-state index in [4.69, 9.17) is 5.73 Å². The molecule has 0 aromatic rings. The Morgan fingerprint density at radius 3 is 2.73 bits per heavy atom. The lowest BCUT2D eigenvalue weighted by Gasteiger charge is -2.32. The smallest absolute Gasteiger partial charge is 0.000703 e. The number of hydrogen-bond acceptors (Lipinski definition) is 2. The van der Waals surface area contributed by atoms with Crippen molar-refractivity contribution in [3.8, 4) is 0 Å². The summed E-state index contributed by atoms with van der Waals surface area (Å²) in [5, 5.41) is 0. The zero-order valence-corrected chi connectivity index (χ0v) is 10.8. The highest BCUT2D eigenvalue weighted by atomic mass is 15.1. The van der Waals surface area contributed by atoms with Gasteiger partial charge < -0.3 is 10.6 Å². The molecule has 0 spiro atoms. The van der Waals surface area contributed by atoms with Gasteiger partial charge in [0.15, 0.2) is 0 Å². The van der Waals surface area contributed by atoms with Crippen molar-refractivity contribution in [3.63, 3.8) is 0 Å². The van der Waals surface area contributed by atoms with Gasteiger partial charge in [-0.25, -0.2) is 0 Å². The lowest BCUT2D eigenvalue weighted by Crippen LogP contribution is -2.35. The van der Waals surface area contributed by atoms with Gasteiger partial charge in [0.25, 0.3) is 0 Å². The van der Waals surface area contributed by atoms with Crippen LogP contribution in [0.3, 0.4) is 0 Å². The predicted molar refractivity (Wildman–Crippen MR) is 66.9 cm³/mol. The quantitative estimate of drug-likeness (QED) is 0.758. The molecule has 1 fully saturated rings. The Kier molecular flexibility index (Phi) is 5.07. The van der Waals surface area contributed by atoms with Gasteiger partial charge in [0.1, 0.15) is 0 Å². The van der Waals surface area contributed by atoms with Crippen LogP contribution in [0.25, 0.3) is 0 Å². The largest absolute Gasteiger partial charge is 0.330 e. The normalized spacial score (nSPS) is 24.4. The van der Waals surface area contributed by atoms with Crippen molar-refractivity contribution in [2.45, 2.75) is 46.5 Å². The minimum atomic E-state index is 0.335. The van der Waals surface area contributed by atoms with E-state index in [9.17, 15) is 0 Å². The van der Waals surface area contributed by atoms with Crippen LogP contribution >= 0.6 is 0 Å². The highest BCUT2D eigenvalue weighted by Gasteiger charge is 2.18. The Hall–Kier alpha value is -0.0800. The summed E-state index contributed by atoms with van der Waals surface area (Å²) in [5.74, 6) is 0.904. The third-order valence-electron chi connectivity index (χ3n) is 3.62. The topological polar surface area (TPSA) is 29.3 Å². The number of nitrogens with zero attached hydrogens (tertiary/aromatic N) is 1. The predicted octanol–water partition coefficient (Wildman–Crippen LogP) is 2.48. The Morgan fingerprint density at radius 2 is 2.13 bits per heavy atom. The molecule has 1 saturated heterocycles. The van der Waals surface area contributed by atoms with Gasteiger partial charge in [-0.3, -0.25) is 0 Å². The van der Waals surface area contributed by atoms with Crippen LogP contribution < -0.4 is 5.73 Å². The molecule has 90 valence electrons. The first-order chi connectivity index (χ1) is 7.03. The van der Waals surface area contributed by atoms with Crippen molar-refractivity contribution in [3.05, 3.63) is 0 Å². The Bertz CT molecular complexity index is 177. The van der Waals surface area contributed by atoms with E-state index in [1.54, 1.807) is 0 Å². The maximum atomic E-state index is 5.73. The molecule has 0 saturated carbocycles. The highest BCUT2D eigenvalue weighted by Crippen LogP contribution is 2.21. The van der Waals surface area contributed by atoms with Crippen molar-refractivity contribution >= 4 is 0 Å². The number of likely N-dealkylation sites (tertiary alicyclic amines) is 1. The van der Waals surface area contributed by atoms with Crippen LogP contribution in [0.1, 0.15) is 46.5 Å². The molecule has 0 amide bonds. The molecule has 0 aromatic heterocycles. The monoisotopic (exact) mass is 212 g/mol. The SMILES string of the molecule is CC1CCCN(CCCC(C)(C)CN)C1. The summed E-state index contributed by atoms with van der Waals surface area (Å²) in [6, 6.07) is 0. The first kappa shape index (κ1) is 13.0. The van der Waals surface area contributed by atoms with Gasteiger partial charge in [-0.15, -0.1) is 0 Å². The van der Waals surface area contributed by atoms with E-state index < -0.39 is 0 Å². The van der Waals surface area contributed by atoms with E-state index in [0.717, 1.165) is 12.5 Å². The molecule has 0 aliphatic carbocycles. The summed E-state index contributed by atoms with van der Waals surface area (Å²) < 4.78 is 0. The van der Waals surface area contributed by atoms with E-state index in [-0.39, 0.29) is 0 Å². The molecule has 1 atom stereocenters. The second kappa shape index (κ2) is 5.86. The van der Waals surface area contributed by atoms with Crippen molar-refractivity contribution < 1.29 is 0 Å². The Labute approximate surface area is 95.2 Å². The van der Waals surface area contributed by atoms with Gasteiger partial charge in [-0.05, 0) is 56.7 Å². The third kappa shape index (κ3) is 4.98. The second-order valence-corrected chi connectivity index (χ2v) is 6.02. The van der Waals surface area contributed by atoms with Crippen molar-refractivity contribution in [1.29, 1.82) is 0 Å². The van der Waals surface area contributed by atoms with Crippen molar-refractivity contribution in [2.75, 3.05) is 26.2 Å². The van der Waals surface area contributed by atoms with E-state index in [0.29, 0.717) is 5.41 Å². The third-order valence-corrected chi connectivity index (χ3v) is 3.62. The molecular formula is C13H28N2. The maximum absolute atomic E-state index is 5.73. The van der Waals surface area contributed by atoms with Crippen LogP contribution in [0.2, 0.25) is 0 Å². The Morgan fingerprint density at radius 1 is 1.40 bits per heavy atom. The average Bonchev–Trinajstić information content (AvgIpc) is 2.18. The molecule has 2 heteroatoms. The first-order valence-corrected chi connectivity index (χ1v) is 6.46. The van der Waals surface area contributed by atoms with Crippen LogP contribution in [0.15, 0.2) is 0 Å². The number of rotatable bonds is 5. The number of piperidine rings is 1. The summed E-state index contributed by atoms with van der Waals surface area (Å²) in [6.07, 6.45) is 5.37. The Balaban J connectivity index is 2.14. The minimum absolute atomic E-state index is 0.335. The lowest BCUT2D eigenvalue weighted by atomic mass is 9.88. The fourth-order valence-corrected chi connectivity index (χ4v) is 2.37. The highest BCUT2D eigenvalue weighted by molar-refractivity contribution is 4.73. The summed E-state index contributed by atoms with van der Waals surface area (Å²) >= 11 is 0. The van der Waals surface area contributed by atoms with Crippen LogP contribution in [0, 0.1) is 11.3 Å². The molecule has 1 heterocycles. The van der Waals surface area contributed by atoms with Crippen molar-refractivity contribution in [2.24, 2.45) is 17.1 Å². The van der Waals surface area contributed by atoms with Gasteiger partial charge in [0, 0.05) is 6.54 Å². The van der Waals surface area contributed by atoms with Gasteiger partial charge >= 0.3 is 0 Å². The fourth-order valence-electron chi connectivity index (χ4n) is 2.37. The van der Waals surface area contributed by atoms with E-state index in [1.165, 1.54) is 45.3 Å². The second-order valence-electron chi connectivity index (χ2n) is 6.02. The molecule has 1 aliphatic rings. The standard InChI is InChI=1S/C13H28N2/c1-12-6-4-8-15(10-12)9-5-7-13(2,3)11-14/h12H,4-11,14H2,1-3H3. The van der Waals surface area contributed by atoms with Gasteiger partial charge in [-0.2, -0.15) is 0 Å². The number of nitrogens with two attached hydrogens (primary N) is 1. The van der Waals surface area contributed by atoms with Gasteiger partial charge in [-0.1, -0.05) is 20.8 Å². The molecule has 1 rings (SSSR count). The molecule has 2 N–H and O–H groups in total. The van der Waals surface area contributed by atoms with E-state index in [1.807, 2.05) is 0 Å². The van der Waals surface area contributed by atoms with Gasteiger partial charge in [0.05, 0.1) is 0 Å². The lowest BCUT2D eigenvalue weighted by molar-refractivity contribution is 0.173. The molecule has 2 nitrogen and oxygen atoms in total. The van der Waals surface area contributed by atoms with Crippen LogP contribution in [-0.4, -0.2) is 31.1 Å². The molecule has 1 aliphatic heterocycles. The number of hydrogen-bond donors (Lipinski definition) is 1.